The van der Waals surface area contributed by atoms with E-state index in [9.17, 15) is 0 Å². The van der Waals surface area contributed by atoms with Crippen LogP contribution in [0.3, 0.4) is 0 Å². The van der Waals surface area contributed by atoms with Gasteiger partial charge in [-0.15, -0.1) is 0 Å². The van der Waals surface area contributed by atoms with Crippen molar-refractivity contribution in [3.05, 3.63) is 66.0 Å². The topological polar surface area (TPSA) is 24.9 Å². The third kappa shape index (κ3) is 3.14. The minimum Gasteiger partial charge on any atom is -0.304 e. The fourth-order valence-corrected chi connectivity index (χ4v) is 1.96. The second-order valence-electron chi connectivity index (χ2n) is 4.30. The highest BCUT2D eigenvalue weighted by Gasteiger charge is 2.10. The molecular weight excluding hydrogens is 208 g/mol. The van der Waals surface area contributed by atoms with Crippen molar-refractivity contribution in [3.8, 4) is 0 Å². The highest BCUT2D eigenvalue weighted by Crippen LogP contribution is 2.18. The Kier molecular flexibility index (Phi) is 3.89. The number of pyridine rings is 1. The van der Waals surface area contributed by atoms with Gasteiger partial charge >= 0.3 is 0 Å². The van der Waals surface area contributed by atoms with E-state index >= 15 is 0 Å². The van der Waals surface area contributed by atoms with Gasteiger partial charge in [0.2, 0.25) is 0 Å². The molecule has 0 spiro atoms. The number of benzene rings is 1. The second kappa shape index (κ2) is 5.60. The predicted octanol–water partition coefficient (Wildman–Crippen LogP) is 3.49. The predicted molar refractivity (Wildman–Crippen MR) is 70.6 cm³/mol. The minimum absolute atomic E-state index is 0.327. The molecule has 2 atom stereocenters. The highest BCUT2D eigenvalue weighted by atomic mass is 14.9. The second-order valence-corrected chi connectivity index (χ2v) is 4.30. The number of hydrogen-bond acceptors (Lipinski definition) is 2. The molecule has 0 saturated heterocycles. The molecular formula is C15H18N2. The summed E-state index contributed by atoms with van der Waals surface area (Å²) in [5.74, 6) is 0. The highest BCUT2D eigenvalue weighted by molar-refractivity contribution is 5.20. The van der Waals surface area contributed by atoms with Gasteiger partial charge in [-0.3, -0.25) is 4.98 Å². The Bertz CT molecular complexity index is 395. The summed E-state index contributed by atoms with van der Waals surface area (Å²) in [6, 6.07) is 15.3. The van der Waals surface area contributed by atoms with Crippen LogP contribution in [-0.2, 0) is 0 Å². The summed E-state index contributed by atoms with van der Waals surface area (Å²) in [5.41, 5.74) is 2.58. The van der Waals surface area contributed by atoms with E-state index in [1.165, 1.54) is 11.1 Å². The van der Waals surface area contributed by atoms with Crippen LogP contribution in [-0.4, -0.2) is 4.98 Å². The van der Waals surface area contributed by atoms with E-state index in [2.05, 4.69) is 60.5 Å². The van der Waals surface area contributed by atoms with Crippen molar-refractivity contribution in [2.75, 3.05) is 0 Å². The van der Waals surface area contributed by atoms with Gasteiger partial charge in [-0.05, 0) is 37.1 Å². The van der Waals surface area contributed by atoms with Gasteiger partial charge in [0.25, 0.3) is 0 Å². The molecule has 0 saturated carbocycles. The molecule has 2 aromatic rings. The molecule has 0 aliphatic rings. The van der Waals surface area contributed by atoms with Crippen molar-refractivity contribution in [3.63, 3.8) is 0 Å². The first-order valence-corrected chi connectivity index (χ1v) is 5.98. The van der Waals surface area contributed by atoms with Crippen LogP contribution < -0.4 is 5.32 Å². The van der Waals surface area contributed by atoms with Gasteiger partial charge < -0.3 is 5.32 Å². The zero-order valence-electron chi connectivity index (χ0n) is 10.3. The smallest absolute Gasteiger partial charge is 0.0298 e. The van der Waals surface area contributed by atoms with E-state index in [1.807, 2.05) is 18.5 Å². The molecule has 0 amide bonds. The summed E-state index contributed by atoms with van der Waals surface area (Å²) in [7, 11) is 0. The largest absolute Gasteiger partial charge is 0.304 e. The fraction of sp³-hybridized carbons (Fsp3) is 0.267. The van der Waals surface area contributed by atoms with Crippen LogP contribution in [0.25, 0.3) is 0 Å². The lowest BCUT2D eigenvalue weighted by molar-refractivity contribution is 0.494. The van der Waals surface area contributed by atoms with Crippen molar-refractivity contribution in [2.24, 2.45) is 0 Å². The Labute approximate surface area is 103 Å². The summed E-state index contributed by atoms with van der Waals surface area (Å²) in [5, 5.41) is 3.58. The zero-order chi connectivity index (χ0) is 12.1. The normalized spacial score (nSPS) is 14.2. The molecule has 0 unspecified atom stereocenters. The number of nitrogens with one attached hydrogen (secondary N) is 1. The quantitative estimate of drug-likeness (QED) is 0.863. The van der Waals surface area contributed by atoms with E-state index in [1.54, 1.807) is 0 Å². The van der Waals surface area contributed by atoms with Crippen molar-refractivity contribution in [2.45, 2.75) is 25.9 Å². The molecule has 0 fully saturated rings. The lowest BCUT2D eigenvalue weighted by atomic mass is 10.1. The van der Waals surface area contributed by atoms with Gasteiger partial charge in [0.1, 0.15) is 0 Å². The molecule has 2 heteroatoms. The Morgan fingerprint density at radius 2 is 1.35 bits per heavy atom. The van der Waals surface area contributed by atoms with E-state index in [0.717, 1.165) is 0 Å². The molecule has 1 heterocycles. The molecule has 1 aromatic heterocycles. The third-order valence-corrected chi connectivity index (χ3v) is 3.01. The number of aromatic nitrogens is 1. The average Bonchev–Trinajstić information content (AvgIpc) is 2.40. The van der Waals surface area contributed by atoms with Gasteiger partial charge in [0.05, 0.1) is 0 Å². The summed E-state index contributed by atoms with van der Waals surface area (Å²) >= 11 is 0. The Morgan fingerprint density at radius 1 is 0.824 bits per heavy atom. The Hall–Kier alpha value is -1.67. The monoisotopic (exact) mass is 226 g/mol. The first-order valence-electron chi connectivity index (χ1n) is 5.98. The van der Waals surface area contributed by atoms with E-state index in [4.69, 9.17) is 0 Å². The summed E-state index contributed by atoms with van der Waals surface area (Å²) in [6.45, 7) is 4.36. The fourth-order valence-electron chi connectivity index (χ4n) is 1.96. The van der Waals surface area contributed by atoms with Crippen molar-refractivity contribution in [1.29, 1.82) is 0 Å². The number of rotatable bonds is 4. The van der Waals surface area contributed by atoms with Crippen LogP contribution in [0.1, 0.15) is 37.1 Å². The third-order valence-electron chi connectivity index (χ3n) is 3.01. The molecule has 0 aliphatic carbocycles. The zero-order valence-corrected chi connectivity index (χ0v) is 10.3. The van der Waals surface area contributed by atoms with Gasteiger partial charge in [-0.25, -0.2) is 0 Å². The first-order chi connectivity index (χ1) is 8.27. The maximum atomic E-state index is 4.04. The van der Waals surface area contributed by atoms with Gasteiger partial charge in [-0.2, -0.15) is 0 Å². The van der Waals surface area contributed by atoms with Crippen molar-refractivity contribution >= 4 is 0 Å². The molecule has 88 valence electrons. The SMILES string of the molecule is C[C@@H](N[C@H](C)c1ccncc1)c1ccccc1. The van der Waals surface area contributed by atoms with Gasteiger partial charge in [0, 0.05) is 24.5 Å². The molecule has 0 radical (unpaired) electrons. The van der Waals surface area contributed by atoms with Crippen LogP contribution in [0, 0.1) is 0 Å². The molecule has 2 rings (SSSR count). The average molecular weight is 226 g/mol. The minimum atomic E-state index is 0.327. The van der Waals surface area contributed by atoms with Gasteiger partial charge in [-0.1, -0.05) is 30.3 Å². The molecule has 0 bridgehead atoms. The van der Waals surface area contributed by atoms with Crippen LogP contribution in [0.4, 0.5) is 0 Å². The summed E-state index contributed by atoms with van der Waals surface area (Å²) < 4.78 is 0. The molecule has 1 aromatic carbocycles. The van der Waals surface area contributed by atoms with Crippen molar-refractivity contribution < 1.29 is 0 Å². The van der Waals surface area contributed by atoms with Crippen LogP contribution >= 0.6 is 0 Å². The maximum absolute atomic E-state index is 4.04. The molecule has 2 nitrogen and oxygen atoms in total. The molecule has 17 heavy (non-hydrogen) atoms. The van der Waals surface area contributed by atoms with E-state index in [0.29, 0.717) is 12.1 Å². The number of hydrogen-bond donors (Lipinski definition) is 1. The van der Waals surface area contributed by atoms with Crippen LogP contribution in [0.5, 0.6) is 0 Å². The lowest BCUT2D eigenvalue weighted by Crippen LogP contribution is -2.22. The summed E-state index contributed by atoms with van der Waals surface area (Å²) in [4.78, 5) is 4.04. The maximum Gasteiger partial charge on any atom is 0.0298 e. The molecule has 1 N–H and O–H groups in total. The Balaban J connectivity index is 2.02. The number of nitrogens with zero attached hydrogens (tertiary/aromatic N) is 1. The lowest BCUT2D eigenvalue weighted by Gasteiger charge is -2.20. The van der Waals surface area contributed by atoms with Crippen LogP contribution in [0.2, 0.25) is 0 Å². The molecule has 0 aliphatic heterocycles. The van der Waals surface area contributed by atoms with Gasteiger partial charge in [0.15, 0.2) is 0 Å². The van der Waals surface area contributed by atoms with Crippen molar-refractivity contribution in [1.82, 2.24) is 10.3 Å². The van der Waals surface area contributed by atoms with E-state index < -0.39 is 0 Å². The van der Waals surface area contributed by atoms with Crippen LogP contribution in [0.15, 0.2) is 54.9 Å². The first kappa shape index (κ1) is 11.8. The summed E-state index contributed by atoms with van der Waals surface area (Å²) in [6.07, 6.45) is 3.67. The Morgan fingerprint density at radius 3 is 1.94 bits per heavy atom. The standard InChI is InChI=1S/C15H18N2/c1-12(14-6-4-3-5-7-14)17-13(2)15-8-10-16-11-9-15/h3-13,17H,1-2H3/t12-,13-/m1/s1. The van der Waals surface area contributed by atoms with E-state index in [-0.39, 0.29) is 0 Å².